The number of aliphatic imine (C=N–C) groups is 1. The Kier molecular flexibility index (Phi) is 9.87. The van der Waals surface area contributed by atoms with Crippen molar-refractivity contribution in [3.8, 4) is 0 Å². The number of benzene rings is 1. The fourth-order valence-electron chi connectivity index (χ4n) is 3.72. The molecule has 1 fully saturated rings. The molecule has 0 amide bonds. The zero-order chi connectivity index (χ0) is 20.6. The fourth-order valence-corrected chi connectivity index (χ4v) is 3.72. The van der Waals surface area contributed by atoms with E-state index in [0.29, 0.717) is 12.5 Å². The molecule has 1 aliphatic rings. The van der Waals surface area contributed by atoms with E-state index >= 15 is 0 Å². The van der Waals surface area contributed by atoms with Gasteiger partial charge in [-0.3, -0.25) is 0 Å². The SMILES string of the molecule is CCNC(=NCc1nccn1CC(C)C)NC1CCCN(c2cccc(F)c2)C1.I. The zero-order valence-corrected chi connectivity index (χ0v) is 20.5. The quantitative estimate of drug-likeness (QED) is 0.324. The number of nitrogens with one attached hydrogen (secondary N) is 2. The van der Waals surface area contributed by atoms with E-state index in [9.17, 15) is 4.39 Å². The molecule has 166 valence electrons. The number of guanidine groups is 1. The minimum absolute atomic E-state index is 0. The van der Waals surface area contributed by atoms with Crippen LogP contribution in [-0.4, -0.2) is 41.2 Å². The number of nitrogens with zero attached hydrogens (tertiary/aromatic N) is 4. The maximum Gasteiger partial charge on any atom is 0.191 e. The van der Waals surface area contributed by atoms with E-state index in [1.54, 1.807) is 12.1 Å². The second kappa shape index (κ2) is 12.1. The minimum atomic E-state index is -0.190. The van der Waals surface area contributed by atoms with E-state index in [-0.39, 0.29) is 35.8 Å². The van der Waals surface area contributed by atoms with E-state index in [1.165, 1.54) is 6.07 Å². The molecular formula is C22H34FIN6. The summed E-state index contributed by atoms with van der Waals surface area (Å²) in [5.41, 5.74) is 0.939. The summed E-state index contributed by atoms with van der Waals surface area (Å²) in [7, 11) is 0. The largest absolute Gasteiger partial charge is 0.369 e. The molecular weight excluding hydrogens is 494 g/mol. The number of imidazole rings is 1. The lowest BCUT2D eigenvalue weighted by Gasteiger charge is -2.35. The van der Waals surface area contributed by atoms with Crippen LogP contribution in [0.1, 0.15) is 39.4 Å². The van der Waals surface area contributed by atoms with Crippen molar-refractivity contribution in [2.45, 2.75) is 52.7 Å². The summed E-state index contributed by atoms with van der Waals surface area (Å²) in [4.78, 5) is 11.5. The summed E-state index contributed by atoms with van der Waals surface area (Å²) in [6.07, 6.45) is 5.99. The summed E-state index contributed by atoms with van der Waals surface area (Å²) < 4.78 is 15.8. The Balaban J connectivity index is 0.00000320. The van der Waals surface area contributed by atoms with Gasteiger partial charge in [-0.1, -0.05) is 19.9 Å². The highest BCUT2D eigenvalue weighted by Gasteiger charge is 2.21. The van der Waals surface area contributed by atoms with Crippen LogP contribution in [0.25, 0.3) is 0 Å². The van der Waals surface area contributed by atoms with E-state index in [4.69, 9.17) is 4.99 Å². The van der Waals surface area contributed by atoms with Crippen molar-refractivity contribution in [2.75, 3.05) is 24.5 Å². The van der Waals surface area contributed by atoms with E-state index in [2.05, 4.69) is 45.9 Å². The molecule has 1 aromatic heterocycles. The Bertz CT molecular complexity index is 806. The molecule has 0 aliphatic carbocycles. The molecule has 3 rings (SSSR count). The van der Waals surface area contributed by atoms with Gasteiger partial charge in [0.05, 0.1) is 0 Å². The Morgan fingerprint density at radius 3 is 2.93 bits per heavy atom. The lowest BCUT2D eigenvalue weighted by Crippen LogP contribution is -2.51. The highest BCUT2D eigenvalue weighted by Crippen LogP contribution is 2.20. The van der Waals surface area contributed by atoms with Gasteiger partial charge >= 0.3 is 0 Å². The highest BCUT2D eigenvalue weighted by atomic mass is 127. The third-order valence-corrected chi connectivity index (χ3v) is 5.02. The monoisotopic (exact) mass is 528 g/mol. The molecule has 1 aliphatic heterocycles. The molecule has 30 heavy (non-hydrogen) atoms. The van der Waals surface area contributed by atoms with Gasteiger partial charge in [-0.25, -0.2) is 14.4 Å². The van der Waals surface area contributed by atoms with E-state index in [0.717, 1.165) is 56.5 Å². The summed E-state index contributed by atoms with van der Waals surface area (Å²) >= 11 is 0. The summed E-state index contributed by atoms with van der Waals surface area (Å²) in [6, 6.07) is 7.10. The van der Waals surface area contributed by atoms with E-state index in [1.807, 2.05) is 18.5 Å². The first-order valence-corrected chi connectivity index (χ1v) is 10.6. The Hall–Kier alpha value is -1.84. The lowest BCUT2D eigenvalue weighted by molar-refractivity contribution is 0.467. The molecule has 0 bridgehead atoms. The van der Waals surface area contributed by atoms with Gasteiger partial charge in [0, 0.05) is 50.3 Å². The number of aromatic nitrogens is 2. The van der Waals surface area contributed by atoms with Crippen LogP contribution in [0.15, 0.2) is 41.7 Å². The second-order valence-corrected chi connectivity index (χ2v) is 7.99. The second-order valence-electron chi connectivity index (χ2n) is 7.99. The maximum absolute atomic E-state index is 13.6. The summed E-state index contributed by atoms with van der Waals surface area (Å²) in [5, 5.41) is 6.90. The van der Waals surface area contributed by atoms with Gasteiger partial charge in [0.25, 0.3) is 0 Å². The summed E-state index contributed by atoms with van der Waals surface area (Å²) in [6.45, 7) is 10.5. The first-order valence-electron chi connectivity index (χ1n) is 10.6. The molecule has 0 spiro atoms. The van der Waals surface area contributed by atoms with Crippen molar-refractivity contribution >= 4 is 35.6 Å². The zero-order valence-electron chi connectivity index (χ0n) is 18.1. The maximum atomic E-state index is 13.6. The average molecular weight is 528 g/mol. The van der Waals surface area contributed by atoms with Crippen molar-refractivity contribution < 1.29 is 4.39 Å². The molecule has 1 unspecified atom stereocenters. The third-order valence-electron chi connectivity index (χ3n) is 5.02. The molecule has 2 heterocycles. The Morgan fingerprint density at radius 1 is 1.37 bits per heavy atom. The van der Waals surface area contributed by atoms with Crippen molar-refractivity contribution in [3.05, 3.63) is 48.3 Å². The Labute approximate surface area is 196 Å². The summed E-state index contributed by atoms with van der Waals surface area (Å²) in [5.74, 6) is 2.15. The molecule has 0 radical (unpaired) electrons. The third kappa shape index (κ3) is 7.14. The van der Waals surface area contributed by atoms with Gasteiger partial charge in [-0.05, 0) is 43.9 Å². The van der Waals surface area contributed by atoms with Gasteiger partial charge in [0.2, 0.25) is 0 Å². The first-order chi connectivity index (χ1) is 14.0. The van der Waals surface area contributed by atoms with Crippen LogP contribution in [0.3, 0.4) is 0 Å². The molecule has 1 atom stereocenters. The average Bonchev–Trinajstić information content (AvgIpc) is 3.13. The van der Waals surface area contributed by atoms with Crippen molar-refractivity contribution in [2.24, 2.45) is 10.9 Å². The van der Waals surface area contributed by atoms with Gasteiger partial charge in [0.1, 0.15) is 18.2 Å². The van der Waals surface area contributed by atoms with Gasteiger partial charge < -0.3 is 20.1 Å². The minimum Gasteiger partial charge on any atom is -0.369 e. The lowest BCUT2D eigenvalue weighted by atomic mass is 10.0. The molecule has 1 saturated heterocycles. The fraction of sp³-hybridized carbons (Fsp3) is 0.545. The predicted molar refractivity (Wildman–Crippen MR) is 132 cm³/mol. The number of halogens is 2. The molecule has 8 heteroatoms. The molecule has 0 saturated carbocycles. The topological polar surface area (TPSA) is 57.5 Å². The van der Waals surface area contributed by atoms with Gasteiger partial charge in [-0.2, -0.15) is 0 Å². The van der Waals surface area contributed by atoms with Crippen LogP contribution >= 0.6 is 24.0 Å². The molecule has 1 aromatic carbocycles. The predicted octanol–water partition coefficient (Wildman–Crippen LogP) is 4.02. The Morgan fingerprint density at radius 2 is 2.20 bits per heavy atom. The van der Waals surface area contributed by atoms with Crippen LogP contribution in [0.5, 0.6) is 0 Å². The number of rotatable bonds is 7. The smallest absolute Gasteiger partial charge is 0.191 e. The highest BCUT2D eigenvalue weighted by molar-refractivity contribution is 14.0. The van der Waals surface area contributed by atoms with Crippen LogP contribution in [0.2, 0.25) is 0 Å². The first kappa shape index (κ1) is 24.4. The number of hydrogen-bond donors (Lipinski definition) is 2. The molecule has 6 nitrogen and oxygen atoms in total. The van der Waals surface area contributed by atoms with Crippen LogP contribution in [-0.2, 0) is 13.1 Å². The van der Waals surface area contributed by atoms with Gasteiger partial charge in [-0.15, -0.1) is 24.0 Å². The standard InChI is InChI=1S/C22H33FN6.HI/c1-4-24-22(26-14-21-25-10-12-29(21)15-17(2)3)27-19-8-6-11-28(16-19)20-9-5-7-18(23)13-20;/h5,7,9-10,12-13,17,19H,4,6,8,11,14-16H2,1-3H3,(H2,24,26,27);1H. The number of anilines is 1. The molecule has 2 aromatic rings. The van der Waals surface area contributed by atoms with Crippen LogP contribution in [0, 0.1) is 11.7 Å². The number of hydrogen-bond acceptors (Lipinski definition) is 3. The van der Waals surface area contributed by atoms with Crippen molar-refractivity contribution in [1.29, 1.82) is 0 Å². The van der Waals surface area contributed by atoms with Crippen LogP contribution < -0.4 is 15.5 Å². The van der Waals surface area contributed by atoms with E-state index < -0.39 is 0 Å². The van der Waals surface area contributed by atoms with Gasteiger partial charge in [0.15, 0.2) is 5.96 Å². The van der Waals surface area contributed by atoms with Crippen molar-refractivity contribution in [1.82, 2.24) is 20.2 Å². The normalized spacial score (nSPS) is 17.0. The van der Waals surface area contributed by atoms with Crippen molar-refractivity contribution in [3.63, 3.8) is 0 Å². The van der Waals surface area contributed by atoms with Crippen LogP contribution in [0.4, 0.5) is 10.1 Å². The number of piperidine rings is 1. The molecule has 2 N–H and O–H groups in total.